The van der Waals surface area contributed by atoms with Crippen LogP contribution in [0.25, 0.3) is 10.2 Å². The molecule has 0 unspecified atom stereocenters. The molecule has 5 rings (SSSR count). The number of anilines is 1. The summed E-state index contributed by atoms with van der Waals surface area (Å²) in [5.41, 5.74) is 1.24. The van der Waals surface area contributed by atoms with Gasteiger partial charge in [-0.1, -0.05) is 0 Å². The van der Waals surface area contributed by atoms with Crippen molar-refractivity contribution in [3.8, 4) is 5.75 Å². The largest absolute Gasteiger partial charge is 0.487 e. The number of hydrogen-bond acceptors (Lipinski definition) is 6. The fourth-order valence-electron chi connectivity index (χ4n) is 4.94. The zero-order valence-electron chi connectivity index (χ0n) is 19.4. The summed E-state index contributed by atoms with van der Waals surface area (Å²) < 4.78 is 32.7. The van der Waals surface area contributed by atoms with E-state index in [1.807, 2.05) is 4.90 Å². The summed E-state index contributed by atoms with van der Waals surface area (Å²) in [6.07, 6.45) is 4.32. The summed E-state index contributed by atoms with van der Waals surface area (Å²) in [5.74, 6) is -0.0791. The van der Waals surface area contributed by atoms with Crippen molar-refractivity contribution in [2.45, 2.75) is 45.6 Å². The molecule has 1 amide bonds. The van der Waals surface area contributed by atoms with E-state index >= 15 is 0 Å². The first kappa shape index (κ1) is 23.0. The lowest BCUT2D eigenvalue weighted by atomic mass is 9.94. The Bertz CT molecular complexity index is 1200. The summed E-state index contributed by atoms with van der Waals surface area (Å²) in [4.78, 5) is 28.7. The SMILES string of the molecule is Cc1sc2ncnc(N3CCC(C(=O)N4CCC(Oc5ccc(F)cc5F)CC4)CC3)c2c1C. The molecular formula is C25H28F2N4O2S. The Morgan fingerprint density at radius 1 is 1.06 bits per heavy atom. The third-order valence-electron chi connectivity index (χ3n) is 7.03. The second kappa shape index (κ2) is 9.44. The Labute approximate surface area is 201 Å². The van der Waals surface area contributed by atoms with E-state index in [1.165, 1.54) is 22.6 Å². The number of aromatic nitrogens is 2. The molecule has 2 aliphatic heterocycles. The van der Waals surface area contributed by atoms with Crippen LogP contribution in [0.1, 0.15) is 36.1 Å². The van der Waals surface area contributed by atoms with Crippen molar-refractivity contribution in [3.05, 3.63) is 46.6 Å². The second-order valence-electron chi connectivity index (χ2n) is 9.14. The fraction of sp³-hybridized carbons (Fsp3) is 0.480. The number of thiophene rings is 1. The van der Waals surface area contributed by atoms with Gasteiger partial charge in [-0.05, 0) is 44.4 Å². The predicted molar refractivity (Wildman–Crippen MR) is 128 cm³/mol. The second-order valence-corrected chi connectivity index (χ2v) is 10.3. The van der Waals surface area contributed by atoms with Gasteiger partial charge < -0.3 is 14.5 Å². The van der Waals surface area contributed by atoms with E-state index in [1.54, 1.807) is 17.7 Å². The van der Waals surface area contributed by atoms with Crippen molar-refractivity contribution in [1.29, 1.82) is 0 Å². The molecule has 2 saturated heterocycles. The number of fused-ring (bicyclic) bond motifs is 1. The average Bonchev–Trinajstić information content (AvgIpc) is 3.14. The molecule has 0 atom stereocenters. The summed E-state index contributed by atoms with van der Waals surface area (Å²) >= 11 is 1.70. The van der Waals surface area contributed by atoms with E-state index in [0.717, 1.165) is 48.0 Å². The molecule has 0 spiro atoms. The molecule has 3 aromatic rings. The topological polar surface area (TPSA) is 58.6 Å². The van der Waals surface area contributed by atoms with Crippen LogP contribution < -0.4 is 9.64 Å². The molecule has 2 aliphatic rings. The predicted octanol–water partition coefficient (Wildman–Crippen LogP) is 4.87. The van der Waals surface area contributed by atoms with Crippen LogP contribution in [0.5, 0.6) is 5.75 Å². The number of carbonyl (C=O) groups excluding carboxylic acids is 1. The maximum absolute atomic E-state index is 13.9. The first-order valence-corrected chi connectivity index (χ1v) is 12.6. The number of hydrogen-bond donors (Lipinski definition) is 0. The molecule has 0 aliphatic carbocycles. The van der Waals surface area contributed by atoms with Gasteiger partial charge >= 0.3 is 0 Å². The number of likely N-dealkylation sites (tertiary alicyclic amines) is 1. The van der Waals surface area contributed by atoms with E-state index < -0.39 is 11.6 Å². The third kappa shape index (κ3) is 4.45. The van der Waals surface area contributed by atoms with Gasteiger partial charge in [0.2, 0.25) is 5.91 Å². The van der Waals surface area contributed by atoms with E-state index in [9.17, 15) is 13.6 Å². The normalized spacial score (nSPS) is 18.0. The number of amides is 1. The minimum Gasteiger partial charge on any atom is -0.487 e. The van der Waals surface area contributed by atoms with Gasteiger partial charge in [0.05, 0.1) is 5.39 Å². The lowest BCUT2D eigenvalue weighted by molar-refractivity contribution is -0.138. The summed E-state index contributed by atoms with van der Waals surface area (Å²) in [7, 11) is 0. The van der Waals surface area contributed by atoms with Crippen molar-refractivity contribution >= 4 is 33.3 Å². The Morgan fingerprint density at radius 2 is 1.79 bits per heavy atom. The number of benzene rings is 1. The molecule has 9 heteroatoms. The molecule has 6 nitrogen and oxygen atoms in total. The minimum atomic E-state index is -0.695. The van der Waals surface area contributed by atoms with Crippen molar-refractivity contribution in [3.63, 3.8) is 0 Å². The molecular weight excluding hydrogens is 458 g/mol. The van der Waals surface area contributed by atoms with E-state index in [-0.39, 0.29) is 23.7 Å². The van der Waals surface area contributed by atoms with Gasteiger partial charge in [-0.3, -0.25) is 4.79 Å². The molecule has 0 saturated carbocycles. The van der Waals surface area contributed by atoms with Crippen molar-refractivity contribution < 1.29 is 18.3 Å². The standard InChI is InChI=1S/C25H28F2N4O2S/c1-15-16(2)34-24-22(15)23(28-14-29-24)30-9-5-17(6-10-30)25(32)31-11-7-19(8-12-31)33-21-4-3-18(26)13-20(21)27/h3-4,13-14,17,19H,5-12H2,1-2H3. The molecule has 0 N–H and O–H groups in total. The van der Waals surface area contributed by atoms with Crippen LogP contribution in [0.4, 0.5) is 14.6 Å². The van der Waals surface area contributed by atoms with Crippen LogP contribution >= 0.6 is 11.3 Å². The quantitative estimate of drug-likeness (QED) is 0.527. The van der Waals surface area contributed by atoms with Crippen LogP contribution in [0, 0.1) is 31.4 Å². The van der Waals surface area contributed by atoms with Gasteiger partial charge in [0.1, 0.15) is 28.9 Å². The van der Waals surface area contributed by atoms with Crippen LogP contribution in [0.2, 0.25) is 0 Å². The van der Waals surface area contributed by atoms with Gasteiger partial charge in [0, 0.05) is 55.9 Å². The Balaban J connectivity index is 1.16. The monoisotopic (exact) mass is 486 g/mol. The zero-order valence-corrected chi connectivity index (χ0v) is 20.2. The summed E-state index contributed by atoms with van der Waals surface area (Å²) in [6, 6.07) is 3.34. The van der Waals surface area contributed by atoms with Crippen LogP contribution in [-0.4, -0.2) is 53.1 Å². The molecule has 0 bridgehead atoms. The van der Waals surface area contributed by atoms with Gasteiger partial charge in [-0.2, -0.15) is 0 Å². The molecule has 180 valence electrons. The first-order chi connectivity index (χ1) is 16.4. The van der Waals surface area contributed by atoms with E-state index in [2.05, 4.69) is 28.7 Å². The third-order valence-corrected chi connectivity index (χ3v) is 8.15. The molecule has 34 heavy (non-hydrogen) atoms. The smallest absolute Gasteiger partial charge is 0.225 e. The van der Waals surface area contributed by atoms with Crippen LogP contribution in [0.3, 0.4) is 0 Å². The highest BCUT2D eigenvalue weighted by Crippen LogP contribution is 2.36. The van der Waals surface area contributed by atoms with Crippen molar-refractivity contribution in [1.82, 2.24) is 14.9 Å². The summed E-state index contributed by atoms with van der Waals surface area (Å²) in [5, 5.41) is 1.13. The van der Waals surface area contributed by atoms with Gasteiger partial charge in [-0.25, -0.2) is 18.7 Å². The molecule has 0 radical (unpaired) electrons. The average molecular weight is 487 g/mol. The number of halogens is 2. The van der Waals surface area contributed by atoms with Crippen LogP contribution in [-0.2, 0) is 4.79 Å². The number of nitrogens with zero attached hydrogens (tertiary/aromatic N) is 4. The lowest BCUT2D eigenvalue weighted by Crippen LogP contribution is -2.47. The highest BCUT2D eigenvalue weighted by molar-refractivity contribution is 7.18. The van der Waals surface area contributed by atoms with Crippen LogP contribution in [0.15, 0.2) is 24.5 Å². The maximum Gasteiger partial charge on any atom is 0.225 e. The van der Waals surface area contributed by atoms with Gasteiger partial charge in [0.15, 0.2) is 11.6 Å². The fourth-order valence-corrected chi connectivity index (χ4v) is 5.94. The highest BCUT2D eigenvalue weighted by atomic mass is 32.1. The number of rotatable bonds is 4. The first-order valence-electron chi connectivity index (χ1n) is 11.8. The number of carbonyl (C=O) groups is 1. The van der Waals surface area contributed by atoms with Gasteiger partial charge in [0.25, 0.3) is 0 Å². The molecule has 2 aromatic heterocycles. The minimum absolute atomic E-state index is 0.00546. The molecule has 1 aromatic carbocycles. The van der Waals surface area contributed by atoms with E-state index in [0.29, 0.717) is 25.9 Å². The number of ether oxygens (including phenoxy) is 1. The maximum atomic E-state index is 13.9. The summed E-state index contributed by atoms with van der Waals surface area (Å²) in [6.45, 7) is 7.00. The Morgan fingerprint density at radius 3 is 2.50 bits per heavy atom. The Hall–Kier alpha value is -2.81. The van der Waals surface area contributed by atoms with Gasteiger partial charge in [-0.15, -0.1) is 11.3 Å². The highest BCUT2D eigenvalue weighted by Gasteiger charge is 2.32. The van der Waals surface area contributed by atoms with Crippen molar-refractivity contribution in [2.75, 3.05) is 31.1 Å². The Kier molecular flexibility index (Phi) is 6.38. The molecule has 2 fully saturated rings. The van der Waals surface area contributed by atoms with E-state index in [4.69, 9.17) is 4.74 Å². The molecule has 4 heterocycles. The number of piperidine rings is 2. The lowest BCUT2D eigenvalue weighted by Gasteiger charge is -2.37. The van der Waals surface area contributed by atoms with Crippen molar-refractivity contribution in [2.24, 2.45) is 5.92 Å². The number of aryl methyl sites for hydroxylation is 2. The zero-order chi connectivity index (χ0) is 23.8.